The molecule has 0 saturated carbocycles. The molecule has 0 bridgehead atoms. The Morgan fingerprint density at radius 3 is 2.00 bits per heavy atom. The Kier molecular flexibility index (Phi) is 3.29. The van der Waals surface area contributed by atoms with Crippen LogP contribution < -0.4 is 0 Å². The minimum absolute atomic E-state index is 0.125. The van der Waals surface area contributed by atoms with Crippen LogP contribution in [0.15, 0.2) is 0 Å². The first kappa shape index (κ1) is 10.9. The van der Waals surface area contributed by atoms with E-state index in [0.29, 0.717) is 0 Å². The van der Waals surface area contributed by atoms with E-state index in [1.165, 1.54) is 0 Å². The maximum atomic E-state index is 9.56. The monoisotopic (exact) mass is 190 g/mol. The summed E-state index contributed by atoms with van der Waals surface area (Å²) in [6.45, 7) is 5.51. The molecule has 0 spiro atoms. The van der Waals surface area contributed by atoms with Crippen molar-refractivity contribution in [2.75, 3.05) is 0 Å². The second kappa shape index (κ2) is 3.92. The minimum Gasteiger partial charge on any atom is -0.388 e. The molecular formula is C9H18O4. The number of hydrogen-bond acceptors (Lipinski definition) is 4. The fraction of sp³-hybridized carbons (Fsp3) is 1.00. The molecule has 0 aromatic heterocycles. The third kappa shape index (κ3) is 2.02. The highest BCUT2D eigenvalue weighted by atomic mass is 16.5. The first-order valence-electron chi connectivity index (χ1n) is 4.64. The van der Waals surface area contributed by atoms with Gasteiger partial charge < -0.3 is 20.1 Å². The second-order valence-corrected chi connectivity index (χ2v) is 4.02. The molecule has 1 aliphatic rings. The minimum atomic E-state index is -1.10. The first-order valence-corrected chi connectivity index (χ1v) is 4.64. The van der Waals surface area contributed by atoms with E-state index in [-0.39, 0.29) is 5.92 Å². The molecule has 78 valence electrons. The summed E-state index contributed by atoms with van der Waals surface area (Å²) in [5, 5.41) is 28.4. The smallest absolute Gasteiger partial charge is 0.111 e. The quantitative estimate of drug-likeness (QED) is 0.522. The Hall–Kier alpha value is -0.160. The molecule has 4 nitrogen and oxygen atoms in total. The number of aliphatic hydroxyl groups is 3. The van der Waals surface area contributed by atoms with Crippen molar-refractivity contribution in [1.82, 2.24) is 0 Å². The van der Waals surface area contributed by atoms with Gasteiger partial charge in [-0.15, -0.1) is 0 Å². The summed E-state index contributed by atoms with van der Waals surface area (Å²) in [5.74, 6) is 0.125. The van der Waals surface area contributed by atoms with Gasteiger partial charge in [0.2, 0.25) is 0 Å². The highest BCUT2D eigenvalue weighted by molar-refractivity contribution is 4.91. The number of rotatable bonds is 1. The van der Waals surface area contributed by atoms with E-state index in [9.17, 15) is 15.3 Å². The van der Waals surface area contributed by atoms with Gasteiger partial charge in [-0.25, -0.2) is 0 Å². The number of hydrogen-bond donors (Lipinski definition) is 3. The lowest BCUT2D eigenvalue weighted by molar-refractivity contribution is -0.226. The van der Waals surface area contributed by atoms with Crippen LogP contribution in [0.4, 0.5) is 0 Å². The maximum Gasteiger partial charge on any atom is 0.111 e. The van der Waals surface area contributed by atoms with Crippen molar-refractivity contribution in [3.8, 4) is 0 Å². The normalized spacial score (nSPS) is 46.8. The van der Waals surface area contributed by atoms with Crippen molar-refractivity contribution in [3.05, 3.63) is 0 Å². The van der Waals surface area contributed by atoms with E-state index in [1.807, 2.05) is 13.8 Å². The Morgan fingerprint density at radius 1 is 1.00 bits per heavy atom. The van der Waals surface area contributed by atoms with Crippen molar-refractivity contribution < 1.29 is 20.1 Å². The SMILES string of the molecule is CC1O[C@H](C(C)C)C(O)C(O)[C@H]1O. The summed E-state index contributed by atoms with van der Waals surface area (Å²) in [7, 11) is 0. The molecule has 3 unspecified atom stereocenters. The number of ether oxygens (including phenoxy) is 1. The summed E-state index contributed by atoms with van der Waals surface area (Å²) in [6, 6.07) is 0. The Bertz CT molecular complexity index is 171. The van der Waals surface area contributed by atoms with Crippen LogP contribution in [0, 0.1) is 5.92 Å². The average Bonchev–Trinajstić information content (AvgIpc) is 2.07. The largest absolute Gasteiger partial charge is 0.388 e. The van der Waals surface area contributed by atoms with Gasteiger partial charge in [-0.3, -0.25) is 0 Å². The molecule has 1 aliphatic heterocycles. The highest BCUT2D eigenvalue weighted by Crippen LogP contribution is 2.25. The topological polar surface area (TPSA) is 69.9 Å². The molecule has 13 heavy (non-hydrogen) atoms. The Labute approximate surface area is 78.1 Å². The molecule has 1 heterocycles. The highest BCUT2D eigenvalue weighted by Gasteiger charge is 2.42. The number of aliphatic hydroxyl groups excluding tert-OH is 3. The Balaban J connectivity index is 2.70. The van der Waals surface area contributed by atoms with Gasteiger partial charge in [-0.2, -0.15) is 0 Å². The lowest BCUT2D eigenvalue weighted by atomic mass is 9.90. The van der Waals surface area contributed by atoms with Crippen LogP contribution in [0.3, 0.4) is 0 Å². The molecular weight excluding hydrogens is 172 g/mol. The van der Waals surface area contributed by atoms with Crippen molar-refractivity contribution >= 4 is 0 Å². The predicted octanol–water partition coefficient (Wildman–Crippen LogP) is -0.488. The first-order chi connectivity index (χ1) is 5.95. The van der Waals surface area contributed by atoms with Crippen molar-refractivity contribution in [1.29, 1.82) is 0 Å². The van der Waals surface area contributed by atoms with E-state index >= 15 is 0 Å². The van der Waals surface area contributed by atoms with Crippen LogP contribution >= 0.6 is 0 Å². The maximum absolute atomic E-state index is 9.56. The van der Waals surface area contributed by atoms with Gasteiger partial charge in [0.25, 0.3) is 0 Å². The van der Waals surface area contributed by atoms with Crippen LogP contribution in [0.2, 0.25) is 0 Å². The van der Waals surface area contributed by atoms with Gasteiger partial charge in [0, 0.05) is 0 Å². The summed E-state index contributed by atoms with van der Waals surface area (Å²) in [6.07, 6.45) is -3.91. The summed E-state index contributed by atoms with van der Waals surface area (Å²) in [5.41, 5.74) is 0. The van der Waals surface area contributed by atoms with E-state index in [0.717, 1.165) is 0 Å². The molecule has 0 radical (unpaired) electrons. The van der Waals surface area contributed by atoms with Gasteiger partial charge in [0.05, 0.1) is 12.2 Å². The Morgan fingerprint density at radius 2 is 1.54 bits per heavy atom. The van der Waals surface area contributed by atoms with Crippen LogP contribution in [-0.4, -0.2) is 45.8 Å². The molecule has 5 atom stereocenters. The summed E-state index contributed by atoms with van der Waals surface area (Å²) >= 11 is 0. The molecule has 1 fully saturated rings. The third-order valence-corrected chi connectivity index (χ3v) is 2.55. The predicted molar refractivity (Wildman–Crippen MR) is 47.2 cm³/mol. The molecule has 3 N–H and O–H groups in total. The fourth-order valence-corrected chi connectivity index (χ4v) is 1.63. The lowest BCUT2D eigenvalue weighted by Crippen LogP contribution is -2.57. The standard InChI is InChI=1S/C9H18O4/c1-4(2)9-8(12)7(11)6(10)5(3)13-9/h4-12H,1-3H3/t5?,6-,7?,8?,9+/m0/s1. The van der Waals surface area contributed by atoms with Crippen LogP contribution in [0.5, 0.6) is 0 Å². The molecule has 1 saturated heterocycles. The third-order valence-electron chi connectivity index (χ3n) is 2.55. The van der Waals surface area contributed by atoms with E-state index in [1.54, 1.807) is 6.92 Å². The molecule has 0 amide bonds. The lowest BCUT2D eigenvalue weighted by Gasteiger charge is -2.41. The fourth-order valence-electron chi connectivity index (χ4n) is 1.63. The molecule has 0 aromatic carbocycles. The molecule has 1 rings (SSSR count). The second-order valence-electron chi connectivity index (χ2n) is 4.02. The van der Waals surface area contributed by atoms with Crippen LogP contribution in [-0.2, 0) is 4.74 Å². The van der Waals surface area contributed by atoms with Crippen molar-refractivity contribution in [3.63, 3.8) is 0 Å². The summed E-state index contributed by atoms with van der Waals surface area (Å²) < 4.78 is 5.38. The van der Waals surface area contributed by atoms with E-state index < -0.39 is 30.5 Å². The van der Waals surface area contributed by atoms with Gasteiger partial charge in [-0.1, -0.05) is 13.8 Å². The van der Waals surface area contributed by atoms with Gasteiger partial charge in [0.15, 0.2) is 0 Å². The zero-order chi connectivity index (χ0) is 10.2. The van der Waals surface area contributed by atoms with Crippen molar-refractivity contribution in [2.45, 2.75) is 51.3 Å². The van der Waals surface area contributed by atoms with Crippen LogP contribution in [0.1, 0.15) is 20.8 Å². The van der Waals surface area contributed by atoms with E-state index in [2.05, 4.69) is 0 Å². The average molecular weight is 190 g/mol. The molecule has 4 heteroatoms. The zero-order valence-electron chi connectivity index (χ0n) is 8.21. The summed E-state index contributed by atoms with van der Waals surface area (Å²) in [4.78, 5) is 0. The van der Waals surface area contributed by atoms with Gasteiger partial charge in [0.1, 0.15) is 18.3 Å². The zero-order valence-corrected chi connectivity index (χ0v) is 8.21. The van der Waals surface area contributed by atoms with E-state index in [4.69, 9.17) is 4.74 Å². The van der Waals surface area contributed by atoms with Gasteiger partial charge in [-0.05, 0) is 12.8 Å². The van der Waals surface area contributed by atoms with Crippen LogP contribution in [0.25, 0.3) is 0 Å². The molecule has 0 aliphatic carbocycles. The van der Waals surface area contributed by atoms with Crippen molar-refractivity contribution in [2.24, 2.45) is 5.92 Å². The molecule has 0 aromatic rings. The van der Waals surface area contributed by atoms with Gasteiger partial charge >= 0.3 is 0 Å².